The number of hydrogen-bond donors (Lipinski definition) is 1. The molecule has 0 aliphatic heterocycles. The zero-order valence-corrected chi connectivity index (χ0v) is 12.1. The summed E-state index contributed by atoms with van der Waals surface area (Å²) in [5, 5.41) is 9.12. The molecule has 1 aromatic rings. The second-order valence-corrected chi connectivity index (χ2v) is 4.78. The highest BCUT2D eigenvalue weighted by Gasteiger charge is 2.15. The van der Waals surface area contributed by atoms with Crippen LogP contribution in [-0.4, -0.2) is 30.9 Å². The van der Waals surface area contributed by atoms with E-state index < -0.39 is 5.97 Å². The van der Waals surface area contributed by atoms with Gasteiger partial charge in [0.05, 0.1) is 6.61 Å². The molecule has 0 spiro atoms. The Morgan fingerprint density at radius 2 is 2.06 bits per heavy atom. The first-order valence-corrected chi connectivity index (χ1v) is 6.59. The molecule has 0 aliphatic carbocycles. The van der Waals surface area contributed by atoms with Crippen molar-refractivity contribution in [2.75, 3.05) is 19.8 Å². The molecular weight excluding hydrogens is 300 g/mol. The zero-order valence-electron chi connectivity index (χ0n) is 10.5. The summed E-state index contributed by atoms with van der Waals surface area (Å²) >= 11 is 3.27. The second kappa shape index (κ2) is 7.38. The molecule has 18 heavy (non-hydrogen) atoms. The van der Waals surface area contributed by atoms with E-state index in [1.54, 1.807) is 0 Å². The first-order valence-electron chi connectivity index (χ1n) is 5.80. The predicted octanol–water partition coefficient (Wildman–Crippen LogP) is 3.26. The number of aryl methyl sites for hydroxylation is 1. The van der Waals surface area contributed by atoms with Gasteiger partial charge in [-0.2, -0.15) is 0 Å². The lowest BCUT2D eigenvalue weighted by Crippen LogP contribution is -2.11. The number of aromatic carboxylic acids is 1. The molecule has 0 aromatic heterocycles. The first kappa shape index (κ1) is 15.0. The summed E-state index contributed by atoms with van der Waals surface area (Å²) in [7, 11) is 0. The van der Waals surface area contributed by atoms with E-state index in [9.17, 15) is 4.79 Å². The number of halogens is 1. The van der Waals surface area contributed by atoms with Crippen LogP contribution in [-0.2, 0) is 4.74 Å². The highest BCUT2D eigenvalue weighted by atomic mass is 79.9. The molecule has 5 heteroatoms. The number of hydrogen-bond acceptors (Lipinski definition) is 3. The molecule has 0 bridgehead atoms. The van der Waals surface area contributed by atoms with Crippen LogP contribution in [0, 0.1) is 6.92 Å². The maximum Gasteiger partial charge on any atom is 0.339 e. The van der Waals surface area contributed by atoms with Crippen LogP contribution in [0.3, 0.4) is 0 Å². The van der Waals surface area contributed by atoms with Gasteiger partial charge in [0.1, 0.15) is 17.9 Å². The number of carboxylic acid groups (broad SMARTS) is 1. The minimum Gasteiger partial charge on any atom is -0.490 e. The summed E-state index contributed by atoms with van der Waals surface area (Å²) in [6.07, 6.45) is 0.956. The first-order chi connectivity index (χ1) is 8.56. The van der Waals surface area contributed by atoms with Crippen molar-refractivity contribution >= 4 is 21.9 Å². The summed E-state index contributed by atoms with van der Waals surface area (Å²) in [5.74, 6) is -0.588. The topological polar surface area (TPSA) is 55.8 Å². The molecule has 0 unspecified atom stereocenters. The molecule has 1 aromatic carbocycles. The van der Waals surface area contributed by atoms with Crippen LogP contribution in [0.2, 0.25) is 0 Å². The fraction of sp³-hybridized carbons (Fsp3) is 0.462. The summed E-state index contributed by atoms with van der Waals surface area (Å²) in [6, 6.07) is 3.37. The average molecular weight is 317 g/mol. The van der Waals surface area contributed by atoms with Gasteiger partial charge in [-0.15, -0.1) is 0 Å². The van der Waals surface area contributed by atoms with E-state index in [-0.39, 0.29) is 5.56 Å². The molecule has 1 rings (SSSR count). The summed E-state index contributed by atoms with van der Waals surface area (Å²) < 4.78 is 11.5. The molecule has 0 saturated heterocycles. The van der Waals surface area contributed by atoms with Crippen molar-refractivity contribution in [1.29, 1.82) is 0 Å². The Hall–Kier alpha value is -1.07. The average Bonchev–Trinajstić information content (AvgIpc) is 2.30. The Balaban J connectivity index is 2.71. The highest BCUT2D eigenvalue weighted by Crippen LogP contribution is 2.28. The van der Waals surface area contributed by atoms with Crippen molar-refractivity contribution < 1.29 is 19.4 Å². The standard InChI is InChI=1S/C13H17BrO4/c1-3-4-17-5-6-18-12-9(2)7-10(14)8-11(12)13(15)16/h7-8H,3-6H2,1-2H3,(H,15,16). The third kappa shape index (κ3) is 4.31. The Kier molecular flexibility index (Phi) is 6.15. The lowest BCUT2D eigenvalue weighted by molar-refractivity contribution is 0.0685. The third-order valence-electron chi connectivity index (χ3n) is 2.29. The molecule has 0 aliphatic rings. The fourth-order valence-electron chi connectivity index (χ4n) is 1.53. The van der Waals surface area contributed by atoms with Crippen molar-refractivity contribution in [3.8, 4) is 5.75 Å². The fourth-order valence-corrected chi connectivity index (χ4v) is 2.10. The zero-order chi connectivity index (χ0) is 13.5. The van der Waals surface area contributed by atoms with Crippen molar-refractivity contribution in [3.63, 3.8) is 0 Å². The number of ether oxygens (including phenoxy) is 2. The summed E-state index contributed by atoms with van der Waals surface area (Å²) in [5.41, 5.74) is 0.953. The van der Waals surface area contributed by atoms with E-state index in [1.807, 2.05) is 19.9 Å². The van der Waals surface area contributed by atoms with E-state index >= 15 is 0 Å². The molecule has 100 valence electrons. The van der Waals surface area contributed by atoms with Gasteiger partial charge in [-0.1, -0.05) is 22.9 Å². The smallest absolute Gasteiger partial charge is 0.339 e. The van der Waals surface area contributed by atoms with Gasteiger partial charge in [-0.25, -0.2) is 4.79 Å². The van der Waals surface area contributed by atoms with Crippen molar-refractivity contribution in [2.45, 2.75) is 20.3 Å². The molecule has 4 nitrogen and oxygen atoms in total. The van der Waals surface area contributed by atoms with Crippen LogP contribution in [0.4, 0.5) is 0 Å². The van der Waals surface area contributed by atoms with E-state index in [4.69, 9.17) is 14.6 Å². The van der Waals surface area contributed by atoms with E-state index in [0.717, 1.165) is 16.5 Å². The molecule has 1 N–H and O–H groups in total. The van der Waals surface area contributed by atoms with Crippen LogP contribution < -0.4 is 4.74 Å². The Bertz CT molecular complexity index is 418. The summed E-state index contributed by atoms with van der Waals surface area (Å²) in [6.45, 7) is 5.35. The highest BCUT2D eigenvalue weighted by molar-refractivity contribution is 9.10. The Morgan fingerprint density at radius 1 is 1.33 bits per heavy atom. The lowest BCUT2D eigenvalue weighted by atomic mass is 10.1. The van der Waals surface area contributed by atoms with Gasteiger partial charge in [0, 0.05) is 11.1 Å². The molecule has 0 saturated carbocycles. The minimum absolute atomic E-state index is 0.164. The van der Waals surface area contributed by atoms with E-state index in [1.165, 1.54) is 6.07 Å². The van der Waals surface area contributed by atoms with Crippen molar-refractivity contribution in [1.82, 2.24) is 0 Å². The number of rotatable bonds is 7. The van der Waals surface area contributed by atoms with E-state index in [0.29, 0.717) is 25.6 Å². The van der Waals surface area contributed by atoms with Gasteiger partial charge in [0.15, 0.2) is 0 Å². The normalized spacial score (nSPS) is 10.4. The van der Waals surface area contributed by atoms with Crippen molar-refractivity contribution in [2.24, 2.45) is 0 Å². The van der Waals surface area contributed by atoms with Crippen molar-refractivity contribution in [3.05, 3.63) is 27.7 Å². The van der Waals surface area contributed by atoms with Gasteiger partial charge in [0.25, 0.3) is 0 Å². The SMILES string of the molecule is CCCOCCOc1c(C)cc(Br)cc1C(=O)O. The molecular formula is C13H17BrO4. The van der Waals surface area contributed by atoms with Gasteiger partial charge >= 0.3 is 5.97 Å². The maximum atomic E-state index is 11.1. The number of carboxylic acids is 1. The maximum absolute atomic E-state index is 11.1. The number of carbonyl (C=O) groups is 1. The second-order valence-electron chi connectivity index (χ2n) is 3.87. The lowest BCUT2D eigenvalue weighted by Gasteiger charge is -2.12. The Morgan fingerprint density at radius 3 is 2.67 bits per heavy atom. The van der Waals surface area contributed by atoms with Crippen LogP contribution in [0.1, 0.15) is 29.3 Å². The van der Waals surface area contributed by atoms with E-state index in [2.05, 4.69) is 15.9 Å². The van der Waals surface area contributed by atoms with Crippen LogP contribution >= 0.6 is 15.9 Å². The van der Waals surface area contributed by atoms with Gasteiger partial charge in [-0.05, 0) is 31.0 Å². The van der Waals surface area contributed by atoms with Crippen LogP contribution in [0.25, 0.3) is 0 Å². The monoisotopic (exact) mass is 316 g/mol. The molecule has 0 amide bonds. The van der Waals surface area contributed by atoms with Crippen LogP contribution in [0.5, 0.6) is 5.75 Å². The number of benzene rings is 1. The van der Waals surface area contributed by atoms with Crippen LogP contribution in [0.15, 0.2) is 16.6 Å². The summed E-state index contributed by atoms with van der Waals surface area (Å²) in [4.78, 5) is 11.1. The minimum atomic E-state index is -0.996. The molecule has 0 atom stereocenters. The third-order valence-corrected chi connectivity index (χ3v) is 2.75. The molecule has 0 radical (unpaired) electrons. The molecule has 0 heterocycles. The quantitative estimate of drug-likeness (QED) is 0.784. The predicted molar refractivity (Wildman–Crippen MR) is 72.4 cm³/mol. The van der Waals surface area contributed by atoms with Gasteiger partial charge < -0.3 is 14.6 Å². The molecule has 0 fully saturated rings. The Labute approximate surface area is 115 Å². The van der Waals surface area contributed by atoms with Gasteiger partial charge in [-0.3, -0.25) is 0 Å². The largest absolute Gasteiger partial charge is 0.490 e. The van der Waals surface area contributed by atoms with Gasteiger partial charge in [0.2, 0.25) is 0 Å².